The number of furan rings is 1. The lowest BCUT2D eigenvalue weighted by Gasteiger charge is -1.99. The molecule has 0 spiro atoms. The molecule has 0 saturated carbocycles. The Hall–Kier alpha value is -3.08. The second-order valence-electron chi connectivity index (χ2n) is 4.66. The Kier molecular flexibility index (Phi) is 2.50. The smallest absolute Gasteiger partial charge is 0.280 e. The summed E-state index contributed by atoms with van der Waals surface area (Å²) in [6.07, 6.45) is 1.60. The van der Waals surface area contributed by atoms with Crippen LogP contribution in [0.15, 0.2) is 70.1 Å². The van der Waals surface area contributed by atoms with E-state index in [0.717, 1.165) is 5.69 Å². The molecule has 0 bridgehead atoms. The van der Waals surface area contributed by atoms with Gasteiger partial charge >= 0.3 is 0 Å². The molecule has 0 aliphatic rings. The molecule has 0 amide bonds. The molecule has 0 saturated heterocycles. The zero-order valence-corrected chi connectivity index (χ0v) is 11.0. The fourth-order valence-corrected chi connectivity index (χ4v) is 2.31. The van der Waals surface area contributed by atoms with Gasteiger partial charge in [-0.05, 0) is 36.4 Å². The monoisotopic (exact) mass is 277 g/mol. The summed E-state index contributed by atoms with van der Waals surface area (Å²) in [5.41, 5.74) is 1.89. The van der Waals surface area contributed by atoms with E-state index in [2.05, 4.69) is 10.1 Å². The van der Waals surface area contributed by atoms with Gasteiger partial charge in [0.25, 0.3) is 5.56 Å². The van der Waals surface area contributed by atoms with Crippen LogP contribution in [0.3, 0.4) is 0 Å². The lowest BCUT2D eigenvalue weighted by molar-refractivity contribution is 0.580. The van der Waals surface area contributed by atoms with E-state index >= 15 is 0 Å². The number of nitrogens with one attached hydrogen (secondary N) is 1. The van der Waals surface area contributed by atoms with Crippen molar-refractivity contribution >= 4 is 11.0 Å². The fourth-order valence-electron chi connectivity index (χ4n) is 2.31. The minimum absolute atomic E-state index is 0.116. The molecule has 1 N–H and O–H groups in total. The minimum atomic E-state index is -0.116. The summed E-state index contributed by atoms with van der Waals surface area (Å²) in [6, 6.07) is 16.6. The van der Waals surface area contributed by atoms with Gasteiger partial charge in [0.05, 0.1) is 17.3 Å². The molecule has 0 fully saturated rings. The first-order chi connectivity index (χ1) is 10.3. The first-order valence-electron chi connectivity index (χ1n) is 6.54. The molecule has 0 aliphatic carbocycles. The molecule has 0 atom stereocenters. The van der Waals surface area contributed by atoms with Crippen molar-refractivity contribution in [2.24, 2.45) is 0 Å². The molecule has 4 rings (SSSR count). The van der Waals surface area contributed by atoms with Crippen LogP contribution in [0.1, 0.15) is 0 Å². The van der Waals surface area contributed by atoms with Gasteiger partial charge in [-0.2, -0.15) is 0 Å². The van der Waals surface area contributed by atoms with Crippen molar-refractivity contribution in [1.29, 1.82) is 0 Å². The average Bonchev–Trinajstić information content (AvgIpc) is 3.16. The third-order valence-electron chi connectivity index (χ3n) is 3.33. The molecule has 0 aliphatic heterocycles. The van der Waals surface area contributed by atoms with Crippen molar-refractivity contribution < 1.29 is 4.42 Å². The molecular formula is C16H11N3O2. The van der Waals surface area contributed by atoms with Gasteiger partial charge in [-0.3, -0.25) is 9.89 Å². The molecule has 5 nitrogen and oxygen atoms in total. The number of pyridine rings is 1. The number of aromatic amines is 1. The highest BCUT2D eigenvalue weighted by atomic mass is 16.3. The number of hydrogen-bond donors (Lipinski definition) is 1. The highest BCUT2D eigenvalue weighted by Crippen LogP contribution is 2.19. The van der Waals surface area contributed by atoms with Crippen molar-refractivity contribution in [2.75, 3.05) is 0 Å². The van der Waals surface area contributed by atoms with E-state index in [1.54, 1.807) is 24.5 Å². The number of rotatable bonds is 2. The molecular weight excluding hydrogens is 266 g/mol. The van der Waals surface area contributed by atoms with Gasteiger partial charge in [-0.15, -0.1) is 0 Å². The van der Waals surface area contributed by atoms with E-state index in [0.29, 0.717) is 22.5 Å². The van der Waals surface area contributed by atoms with Crippen molar-refractivity contribution in [3.8, 4) is 17.1 Å². The Morgan fingerprint density at radius 1 is 1.00 bits per heavy atom. The number of fused-ring (bicyclic) bond motifs is 1. The second-order valence-corrected chi connectivity index (χ2v) is 4.66. The van der Waals surface area contributed by atoms with Crippen molar-refractivity contribution in [1.82, 2.24) is 14.8 Å². The molecule has 0 radical (unpaired) electrons. The van der Waals surface area contributed by atoms with Crippen molar-refractivity contribution in [3.63, 3.8) is 0 Å². The highest BCUT2D eigenvalue weighted by molar-refractivity contribution is 5.77. The molecule has 102 valence electrons. The molecule has 21 heavy (non-hydrogen) atoms. The number of H-pyrrole nitrogens is 1. The second kappa shape index (κ2) is 4.49. The highest BCUT2D eigenvalue weighted by Gasteiger charge is 2.11. The van der Waals surface area contributed by atoms with Gasteiger partial charge in [0.15, 0.2) is 11.4 Å². The summed E-state index contributed by atoms with van der Waals surface area (Å²) in [7, 11) is 0. The molecule has 3 aromatic heterocycles. The van der Waals surface area contributed by atoms with Crippen LogP contribution in [-0.4, -0.2) is 14.8 Å². The van der Waals surface area contributed by atoms with Gasteiger partial charge < -0.3 is 4.42 Å². The maximum atomic E-state index is 12.4. The summed E-state index contributed by atoms with van der Waals surface area (Å²) in [6.45, 7) is 0. The molecule has 4 aromatic rings. The van der Waals surface area contributed by atoms with E-state index in [1.165, 1.54) is 4.68 Å². The van der Waals surface area contributed by atoms with Gasteiger partial charge in [-0.25, -0.2) is 9.67 Å². The maximum Gasteiger partial charge on any atom is 0.280 e. The minimum Gasteiger partial charge on any atom is -0.463 e. The quantitative estimate of drug-likeness (QED) is 0.612. The Bertz CT molecular complexity index is 950. The predicted octanol–water partition coefficient (Wildman–Crippen LogP) is 2.97. The Balaban J connectivity index is 1.93. The normalized spacial score (nSPS) is 11.0. The summed E-state index contributed by atoms with van der Waals surface area (Å²) in [4.78, 5) is 16.8. The van der Waals surface area contributed by atoms with Crippen LogP contribution in [0.25, 0.3) is 28.2 Å². The van der Waals surface area contributed by atoms with E-state index in [4.69, 9.17) is 4.42 Å². The Labute approximate surface area is 119 Å². The van der Waals surface area contributed by atoms with Gasteiger partial charge in [0.2, 0.25) is 0 Å². The number of nitrogens with zero attached hydrogens (tertiary/aromatic N) is 2. The summed E-state index contributed by atoms with van der Waals surface area (Å²) in [5, 5.41) is 3.58. The van der Waals surface area contributed by atoms with Crippen molar-refractivity contribution in [2.45, 2.75) is 0 Å². The summed E-state index contributed by atoms with van der Waals surface area (Å²) >= 11 is 0. The lowest BCUT2D eigenvalue weighted by Crippen LogP contribution is -2.13. The largest absolute Gasteiger partial charge is 0.463 e. The fraction of sp³-hybridized carbons (Fsp3) is 0. The average molecular weight is 277 g/mol. The first-order valence-corrected chi connectivity index (χ1v) is 6.54. The van der Waals surface area contributed by atoms with Crippen LogP contribution < -0.4 is 5.56 Å². The summed E-state index contributed by atoms with van der Waals surface area (Å²) in [5.74, 6) is 0.671. The van der Waals surface area contributed by atoms with Crippen LogP contribution in [0, 0.1) is 0 Å². The van der Waals surface area contributed by atoms with Crippen LogP contribution >= 0.6 is 0 Å². The SMILES string of the molecule is O=c1c2ccc(-c3ccco3)nc2[nH]n1-c1ccccc1. The van der Waals surface area contributed by atoms with E-state index in [-0.39, 0.29) is 5.56 Å². The van der Waals surface area contributed by atoms with E-state index in [9.17, 15) is 4.79 Å². The number of aromatic nitrogens is 3. The topological polar surface area (TPSA) is 63.8 Å². The summed E-state index contributed by atoms with van der Waals surface area (Å²) < 4.78 is 6.82. The zero-order valence-electron chi connectivity index (χ0n) is 11.0. The van der Waals surface area contributed by atoms with Gasteiger partial charge in [0.1, 0.15) is 5.69 Å². The van der Waals surface area contributed by atoms with E-state index in [1.807, 2.05) is 36.4 Å². The van der Waals surface area contributed by atoms with Crippen LogP contribution in [-0.2, 0) is 0 Å². The third kappa shape index (κ3) is 1.87. The maximum absolute atomic E-state index is 12.4. The molecule has 0 unspecified atom stereocenters. The Morgan fingerprint density at radius 3 is 2.62 bits per heavy atom. The first kappa shape index (κ1) is 11.7. The molecule has 3 heterocycles. The Morgan fingerprint density at radius 2 is 1.86 bits per heavy atom. The number of benzene rings is 1. The predicted molar refractivity (Wildman–Crippen MR) is 79.4 cm³/mol. The van der Waals surface area contributed by atoms with Crippen molar-refractivity contribution in [3.05, 3.63) is 71.2 Å². The standard InChI is InChI=1S/C16H11N3O2/c20-16-12-8-9-13(14-7-4-10-21-14)17-15(12)18-19(16)11-5-2-1-3-6-11/h1-10H,(H,17,18). The third-order valence-corrected chi connectivity index (χ3v) is 3.33. The van der Waals surface area contributed by atoms with Crippen LogP contribution in [0.5, 0.6) is 0 Å². The molecule has 5 heteroatoms. The molecule has 1 aromatic carbocycles. The lowest BCUT2D eigenvalue weighted by atomic mass is 10.2. The number of hydrogen-bond acceptors (Lipinski definition) is 3. The van der Waals surface area contributed by atoms with Crippen LogP contribution in [0.4, 0.5) is 0 Å². The zero-order chi connectivity index (χ0) is 14.2. The van der Waals surface area contributed by atoms with Crippen LogP contribution in [0.2, 0.25) is 0 Å². The number of para-hydroxylation sites is 1. The van der Waals surface area contributed by atoms with E-state index < -0.39 is 0 Å². The van der Waals surface area contributed by atoms with Gasteiger partial charge in [0, 0.05) is 0 Å². The van der Waals surface area contributed by atoms with Gasteiger partial charge in [-0.1, -0.05) is 18.2 Å².